The molecule has 3 aromatic rings. The summed E-state index contributed by atoms with van der Waals surface area (Å²) in [6.07, 6.45) is 2.53. The number of nitriles is 1. The fourth-order valence-electron chi connectivity index (χ4n) is 3.22. The summed E-state index contributed by atoms with van der Waals surface area (Å²) >= 11 is 2.14. The zero-order chi connectivity index (χ0) is 19.7. The molecule has 1 aromatic heterocycles. The monoisotopic (exact) mass is 484 g/mol. The summed E-state index contributed by atoms with van der Waals surface area (Å²) in [5.41, 5.74) is 3.06. The maximum atomic E-state index is 12.6. The molecule has 0 unspecified atom stereocenters. The first-order valence-corrected chi connectivity index (χ1v) is 9.92. The molecular weight excluding hydrogens is 467 g/mol. The van der Waals surface area contributed by atoms with Crippen LogP contribution in [0.1, 0.15) is 33.0 Å². The molecule has 0 saturated carbocycles. The van der Waals surface area contributed by atoms with Crippen molar-refractivity contribution in [1.29, 1.82) is 5.26 Å². The molecule has 0 fully saturated rings. The number of ether oxygens (including phenoxy) is 1. The van der Waals surface area contributed by atoms with Gasteiger partial charge in [0.15, 0.2) is 0 Å². The second-order valence-corrected chi connectivity index (χ2v) is 7.74. The van der Waals surface area contributed by atoms with Gasteiger partial charge >= 0.3 is 0 Å². The summed E-state index contributed by atoms with van der Waals surface area (Å²) in [5, 5.41) is 12.4. The molecule has 7 heteroatoms. The Morgan fingerprint density at radius 3 is 2.96 bits per heavy atom. The Hall–Kier alpha value is -2.86. The third-order valence-corrected chi connectivity index (χ3v) is 5.66. The number of rotatable bonds is 0. The molecule has 0 aliphatic carbocycles. The summed E-state index contributed by atoms with van der Waals surface area (Å²) in [5.74, 6) is 1.75. The minimum Gasteiger partial charge on any atom is -0.456 e. The van der Waals surface area contributed by atoms with Gasteiger partial charge in [-0.05, 0) is 65.4 Å². The molecule has 0 atom stereocenters. The lowest BCUT2D eigenvalue weighted by molar-refractivity contribution is 0.0952. The van der Waals surface area contributed by atoms with Crippen LogP contribution >= 0.6 is 22.6 Å². The molecule has 1 N–H and O–H groups in total. The van der Waals surface area contributed by atoms with Gasteiger partial charge in [-0.25, -0.2) is 4.98 Å². The van der Waals surface area contributed by atoms with Crippen molar-refractivity contribution in [3.8, 4) is 17.6 Å². The number of hydrogen-bond acceptors (Lipinski definition) is 4. The van der Waals surface area contributed by atoms with Gasteiger partial charge in [-0.15, -0.1) is 0 Å². The average molecular weight is 484 g/mol. The standard InChI is InChI=1S/C21H17IN4O2/c1-13-25-11-16-6-7-24-21(27)18-9-17(4-5-19(18)22)28-20-8-14(12-26(13)16)2-3-15(20)10-23/h2-5,8-9,11H,6-7,12H2,1H3,(H,24,27). The van der Waals surface area contributed by atoms with Crippen molar-refractivity contribution >= 4 is 28.5 Å². The number of nitrogens with one attached hydrogen (secondary N) is 1. The second-order valence-electron chi connectivity index (χ2n) is 6.57. The molecular formula is C21H17IN4O2. The number of imidazole rings is 1. The lowest BCUT2D eigenvalue weighted by Crippen LogP contribution is -2.27. The second kappa shape index (κ2) is 7.64. The van der Waals surface area contributed by atoms with Crippen LogP contribution in [0.3, 0.4) is 0 Å². The largest absolute Gasteiger partial charge is 0.456 e. The number of carbonyl (C=O) groups excluding carboxylic acids is 1. The molecule has 0 saturated heterocycles. The zero-order valence-electron chi connectivity index (χ0n) is 15.2. The predicted octanol–water partition coefficient (Wildman–Crippen LogP) is 3.79. The molecule has 140 valence electrons. The van der Waals surface area contributed by atoms with E-state index in [-0.39, 0.29) is 5.91 Å². The van der Waals surface area contributed by atoms with E-state index in [0.717, 1.165) is 20.7 Å². The van der Waals surface area contributed by atoms with Crippen molar-refractivity contribution in [1.82, 2.24) is 14.9 Å². The Morgan fingerprint density at radius 1 is 1.29 bits per heavy atom. The summed E-state index contributed by atoms with van der Waals surface area (Å²) in [7, 11) is 0. The van der Waals surface area contributed by atoms with E-state index in [1.54, 1.807) is 18.2 Å². The van der Waals surface area contributed by atoms with Crippen LogP contribution in [0.5, 0.6) is 11.5 Å². The molecule has 2 aromatic carbocycles. The molecule has 6 nitrogen and oxygen atoms in total. The number of carbonyl (C=O) groups is 1. The van der Waals surface area contributed by atoms with Gasteiger partial charge in [-0.1, -0.05) is 6.07 Å². The Kier molecular flexibility index (Phi) is 5.05. The number of nitrogens with zero attached hydrogens (tertiary/aromatic N) is 3. The number of benzene rings is 2. The van der Waals surface area contributed by atoms with Gasteiger partial charge in [0.25, 0.3) is 5.91 Å². The first-order valence-electron chi connectivity index (χ1n) is 8.85. The molecule has 1 aliphatic rings. The number of fused-ring (bicyclic) bond motifs is 5. The van der Waals surface area contributed by atoms with Crippen LogP contribution in [0.15, 0.2) is 42.6 Å². The Bertz CT molecular complexity index is 1110. The highest BCUT2D eigenvalue weighted by Gasteiger charge is 2.15. The van der Waals surface area contributed by atoms with E-state index in [0.29, 0.717) is 42.1 Å². The third kappa shape index (κ3) is 3.60. The number of aromatic nitrogens is 2. The topological polar surface area (TPSA) is 79.9 Å². The number of hydrogen-bond donors (Lipinski definition) is 1. The highest BCUT2D eigenvalue weighted by molar-refractivity contribution is 14.1. The van der Waals surface area contributed by atoms with E-state index in [9.17, 15) is 10.1 Å². The lowest BCUT2D eigenvalue weighted by atomic mass is 10.1. The van der Waals surface area contributed by atoms with Crippen LogP contribution in [0.4, 0.5) is 0 Å². The van der Waals surface area contributed by atoms with Gasteiger partial charge in [0.1, 0.15) is 23.4 Å². The molecule has 0 radical (unpaired) electrons. The van der Waals surface area contributed by atoms with Gasteiger partial charge < -0.3 is 14.6 Å². The van der Waals surface area contributed by atoms with Crippen molar-refractivity contribution in [3.63, 3.8) is 0 Å². The maximum absolute atomic E-state index is 12.6. The lowest BCUT2D eigenvalue weighted by Gasteiger charge is -2.15. The highest BCUT2D eigenvalue weighted by Crippen LogP contribution is 2.29. The average Bonchev–Trinajstić information content (AvgIpc) is 3.02. The maximum Gasteiger partial charge on any atom is 0.252 e. The zero-order valence-corrected chi connectivity index (χ0v) is 17.4. The van der Waals surface area contributed by atoms with Gasteiger partial charge in [-0.3, -0.25) is 4.79 Å². The minimum absolute atomic E-state index is 0.149. The van der Waals surface area contributed by atoms with Crippen LogP contribution in [-0.4, -0.2) is 22.0 Å². The fourth-order valence-corrected chi connectivity index (χ4v) is 3.80. The molecule has 1 amide bonds. The summed E-state index contributed by atoms with van der Waals surface area (Å²) in [6, 6.07) is 13.1. The quantitative estimate of drug-likeness (QED) is 0.493. The van der Waals surface area contributed by atoms with Gasteiger partial charge in [0.2, 0.25) is 0 Å². The Balaban J connectivity index is 1.84. The smallest absolute Gasteiger partial charge is 0.252 e. The van der Waals surface area contributed by atoms with Crippen LogP contribution in [0.25, 0.3) is 0 Å². The van der Waals surface area contributed by atoms with Crippen LogP contribution in [0, 0.1) is 21.8 Å². The van der Waals surface area contributed by atoms with Crippen LogP contribution in [0.2, 0.25) is 0 Å². The Labute approximate surface area is 176 Å². The summed E-state index contributed by atoms with van der Waals surface area (Å²) in [4.78, 5) is 17.1. The molecule has 28 heavy (non-hydrogen) atoms. The first kappa shape index (κ1) is 18.5. The van der Waals surface area contributed by atoms with Gasteiger partial charge in [0.05, 0.1) is 11.1 Å². The van der Waals surface area contributed by atoms with Gasteiger partial charge in [-0.2, -0.15) is 5.26 Å². The SMILES string of the molecule is Cc1ncc2n1Cc1ccc(C#N)c(c1)Oc1ccc(I)c(c1)C(=O)NCC2. The first-order chi connectivity index (χ1) is 13.5. The van der Waals surface area contributed by atoms with Crippen molar-refractivity contribution in [2.45, 2.75) is 19.9 Å². The van der Waals surface area contributed by atoms with E-state index in [4.69, 9.17) is 4.74 Å². The van der Waals surface area contributed by atoms with Gasteiger partial charge in [0, 0.05) is 35.0 Å². The number of amides is 1. The number of aryl methyl sites for hydroxylation is 1. The molecule has 4 rings (SSSR count). The van der Waals surface area contributed by atoms with E-state index in [1.165, 1.54) is 0 Å². The fraction of sp³-hybridized carbons (Fsp3) is 0.190. The van der Waals surface area contributed by atoms with E-state index < -0.39 is 0 Å². The van der Waals surface area contributed by atoms with Crippen molar-refractivity contribution in [3.05, 3.63) is 74.4 Å². The normalized spacial score (nSPS) is 13.5. The Morgan fingerprint density at radius 2 is 2.14 bits per heavy atom. The summed E-state index contributed by atoms with van der Waals surface area (Å²) in [6.45, 7) is 3.10. The predicted molar refractivity (Wildman–Crippen MR) is 112 cm³/mol. The summed E-state index contributed by atoms with van der Waals surface area (Å²) < 4.78 is 8.95. The molecule has 4 bridgehead atoms. The van der Waals surface area contributed by atoms with E-state index >= 15 is 0 Å². The van der Waals surface area contributed by atoms with Crippen molar-refractivity contribution < 1.29 is 9.53 Å². The van der Waals surface area contributed by atoms with Crippen LogP contribution in [-0.2, 0) is 13.0 Å². The third-order valence-electron chi connectivity index (χ3n) is 4.72. The van der Waals surface area contributed by atoms with E-state index in [1.807, 2.05) is 31.3 Å². The number of halogens is 1. The van der Waals surface area contributed by atoms with E-state index in [2.05, 4.69) is 43.5 Å². The molecule has 2 heterocycles. The minimum atomic E-state index is -0.149. The van der Waals surface area contributed by atoms with Crippen molar-refractivity contribution in [2.75, 3.05) is 6.54 Å². The van der Waals surface area contributed by atoms with Crippen LogP contribution < -0.4 is 10.1 Å². The highest BCUT2D eigenvalue weighted by atomic mass is 127. The molecule has 0 spiro atoms. The van der Waals surface area contributed by atoms with Crippen molar-refractivity contribution in [2.24, 2.45) is 0 Å². The molecule has 1 aliphatic heterocycles.